The highest BCUT2D eigenvalue weighted by Crippen LogP contribution is 2.30. The normalized spacial score (nSPS) is 13.9. The predicted molar refractivity (Wildman–Crippen MR) is 109 cm³/mol. The molecule has 1 aliphatic rings. The minimum absolute atomic E-state index is 0.317. The largest absolute Gasteiger partial charge is 0.496 e. The number of dihydropyridines is 1. The van der Waals surface area contributed by atoms with E-state index in [4.69, 9.17) is 9.47 Å². The number of methoxy groups -OCH3 is 1. The molecule has 0 atom stereocenters. The second kappa shape index (κ2) is 7.70. The summed E-state index contributed by atoms with van der Waals surface area (Å²) < 4.78 is 11.0. The summed E-state index contributed by atoms with van der Waals surface area (Å²) in [7, 11) is 1.68. The standard InChI is InChI=1S/C23H25NO3/c1-23(2,3)27-22(25)17-9-7-8-16(12-17)18-13-19(15-24-14-18)20-10-5-6-11-21(20)26-4/h5-14,24H,15H2,1-4H3. The van der Waals surface area contributed by atoms with Crippen LogP contribution in [0.3, 0.4) is 0 Å². The van der Waals surface area contributed by atoms with E-state index in [2.05, 4.69) is 11.4 Å². The van der Waals surface area contributed by atoms with Crippen molar-refractivity contribution in [1.29, 1.82) is 0 Å². The van der Waals surface area contributed by atoms with Crippen molar-refractivity contribution >= 4 is 17.1 Å². The van der Waals surface area contributed by atoms with E-state index in [0.717, 1.165) is 34.6 Å². The topological polar surface area (TPSA) is 47.6 Å². The first-order valence-electron chi connectivity index (χ1n) is 8.99. The molecule has 2 aromatic rings. The van der Waals surface area contributed by atoms with Crippen LogP contribution in [0.5, 0.6) is 5.75 Å². The number of ether oxygens (including phenoxy) is 2. The molecule has 0 spiro atoms. The lowest BCUT2D eigenvalue weighted by molar-refractivity contribution is 0.00695. The Morgan fingerprint density at radius 3 is 2.59 bits per heavy atom. The molecule has 0 aromatic heterocycles. The number of para-hydroxylation sites is 1. The van der Waals surface area contributed by atoms with Gasteiger partial charge in [0.25, 0.3) is 0 Å². The predicted octanol–water partition coefficient (Wildman–Crippen LogP) is 4.68. The number of nitrogens with one attached hydrogen (secondary N) is 1. The third-order valence-corrected chi connectivity index (χ3v) is 4.16. The molecular formula is C23H25NO3. The number of allylic oxidation sites excluding steroid dienone is 2. The summed E-state index contributed by atoms with van der Waals surface area (Å²) in [6, 6.07) is 15.5. The average Bonchev–Trinajstić information content (AvgIpc) is 2.67. The summed E-state index contributed by atoms with van der Waals surface area (Å²) in [5.74, 6) is 0.525. The van der Waals surface area contributed by atoms with Crippen LogP contribution in [0.4, 0.5) is 0 Å². The number of carbonyl (C=O) groups excluding carboxylic acids is 1. The lowest BCUT2D eigenvalue weighted by atomic mass is 9.95. The Bertz CT molecular complexity index is 904. The second-order valence-electron chi connectivity index (χ2n) is 7.43. The number of hydrogen-bond donors (Lipinski definition) is 1. The fourth-order valence-electron chi connectivity index (χ4n) is 2.96. The van der Waals surface area contributed by atoms with Crippen molar-refractivity contribution in [3.8, 4) is 5.75 Å². The van der Waals surface area contributed by atoms with Gasteiger partial charge in [0.1, 0.15) is 11.4 Å². The maximum atomic E-state index is 12.4. The van der Waals surface area contributed by atoms with Crippen LogP contribution in [0.2, 0.25) is 0 Å². The third kappa shape index (κ3) is 4.59. The molecule has 4 nitrogen and oxygen atoms in total. The molecule has 0 unspecified atom stereocenters. The highest BCUT2D eigenvalue weighted by Gasteiger charge is 2.19. The first-order valence-corrected chi connectivity index (χ1v) is 8.99. The maximum Gasteiger partial charge on any atom is 0.338 e. The molecule has 0 amide bonds. The summed E-state index contributed by atoms with van der Waals surface area (Å²) in [4.78, 5) is 12.4. The van der Waals surface area contributed by atoms with E-state index in [1.807, 2.05) is 69.4 Å². The molecular weight excluding hydrogens is 338 g/mol. The summed E-state index contributed by atoms with van der Waals surface area (Å²) in [6.45, 7) is 6.31. The molecule has 1 heterocycles. The first kappa shape index (κ1) is 18.8. The Hall–Kier alpha value is -3.01. The van der Waals surface area contributed by atoms with Crippen molar-refractivity contribution in [2.75, 3.05) is 13.7 Å². The van der Waals surface area contributed by atoms with Crippen LogP contribution < -0.4 is 10.1 Å². The molecule has 0 radical (unpaired) electrons. The first-order chi connectivity index (χ1) is 12.9. The molecule has 0 saturated heterocycles. The van der Waals surface area contributed by atoms with Crippen LogP contribution >= 0.6 is 0 Å². The van der Waals surface area contributed by atoms with Gasteiger partial charge >= 0.3 is 5.97 Å². The van der Waals surface area contributed by atoms with Gasteiger partial charge in [-0.25, -0.2) is 4.79 Å². The number of carbonyl (C=O) groups is 1. The average molecular weight is 363 g/mol. The lowest BCUT2D eigenvalue weighted by Gasteiger charge is -2.20. The summed E-state index contributed by atoms with van der Waals surface area (Å²) in [5, 5.41) is 3.32. The molecule has 0 bridgehead atoms. The fraction of sp³-hybridized carbons (Fsp3) is 0.261. The molecule has 1 N–H and O–H groups in total. The van der Waals surface area contributed by atoms with Gasteiger partial charge in [0.05, 0.1) is 12.7 Å². The Kier molecular flexibility index (Phi) is 5.36. The van der Waals surface area contributed by atoms with Crippen LogP contribution in [-0.2, 0) is 4.74 Å². The fourth-order valence-corrected chi connectivity index (χ4v) is 2.96. The number of hydrogen-bond acceptors (Lipinski definition) is 4. The van der Waals surface area contributed by atoms with Gasteiger partial charge in [-0.2, -0.15) is 0 Å². The zero-order chi connectivity index (χ0) is 19.4. The lowest BCUT2D eigenvalue weighted by Crippen LogP contribution is -2.23. The van der Waals surface area contributed by atoms with Crippen LogP contribution in [-0.4, -0.2) is 25.2 Å². The summed E-state index contributed by atoms with van der Waals surface area (Å²) in [6.07, 6.45) is 4.09. The van der Waals surface area contributed by atoms with E-state index in [-0.39, 0.29) is 5.97 Å². The Morgan fingerprint density at radius 2 is 1.85 bits per heavy atom. The van der Waals surface area contributed by atoms with Gasteiger partial charge in [0.15, 0.2) is 0 Å². The zero-order valence-corrected chi connectivity index (χ0v) is 16.2. The highest BCUT2D eigenvalue weighted by molar-refractivity contribution is 5.93. The minimum Gasteiger partial charge on any atom is -0.496 e. The van der Waals surface area contributed by atoms with Crippen LogP contribution in [0.15, 0.2) is 60.8 Å². The maximum absolute atomic E-state index is 12.4. The van der Waals surface area contributed by atoms with E-state index >= 15 is 0 Å². The number of benzene rings is 2. The Labute approximate surface area is 160 Å². The van der Waals surface area contributed by atoms with Crippen molar-refractivity contribution in [1.82, 2.24) is 5.32 Å². The van der Waals surface area contributed by atoms with Gasteiger partial charge in [-0.3, -0.25) is 0 Å². The molecule has 2 aromatic carbocycles. The molecule has 140 valence electrons. The molecule has 27 heavy (non-hydrogen) atoms. The van der Waals surface area contributed by atoms with Gasteiger partial charge in [0.2, 0.25) is 0 Å². The van der Waals surface area contributed by atoms with E-state index < -0.39 is 5.60 Å². The smallest absolute Gasteiger partial charge is 0.338 e. The van der Waals surface area contributed by atoms with Crippen molar-refractivity contribution in [3.05, 3.63) is 77.5 Å². The monoisotopic (exact) mass is 363 g/mol. The van der Waals surface area contributed by atoms with E-state index in [1.54, 1.807) is 13.2 Å². The number of esters is 1. The SMILES string of the molecule is COc1ccccc1C1=CC(c2cccc(C(=O)OC(C)(C)C)c2)=CNC1. The highest BCUT2D eigenvalue weighted by atomic mass is 16.6. The third-order valence-electron chi connectivity index (χ3n) is 4.16. The minimum atomic E-state index is -0.518. The van der Waals surface area contributed by atoms with Crippen molar-refractivity contribution < 1.29 is 14.3 Å². The molecule has 0 saturated carbocycles. The Balaban J connectivity index is 1.91. The van der Waals surface area contributed by atoms with Crippen molar-refractivity contribution in [2.45, 2.75) is 26.4 Å². The van der Waals surface area contributed by atoms with Crippen molar-refractivity contribution in [3.63, 3.8) is 0 Å². The van der Waals surface area contributed by atoms with E-state index in [9.17, 15) is 4.79 Å². The molecule has 0 fully saturated rings. The van der Waals surface area contributed by atoms with Gasteiger partial charge in [-0.05, 0) is 61.8 Å². The van der Waals surface area contributed by atoms with Crippen LogP contribution in [0.1, 0.15) is 42.3 Å². The van der Waals surface area contributed by atoms with Crippen molar-refractivity contribution in [2.24, 2.45) is 0 Å². The summed E-state index contributed by atoms with van der Waals surface area (Å²) in [5.41, 5.74) is 4.18. The quantitative estimate of drug-likeness (QED) is 0.802. The van der Waals surface area contributed by atoms with Crippen LogP contribution in [0, 0.1) is 0 Å². The molecule has 1 aliphatic heterocycles. The molecule has 3 rings (SSSR count). The van der Waals surface area contributed by atoms with Gasteiger partial charge in [0, 0.05) is 18.3 Å². The van der Waals surface area contributed by atoms with Gasteiger partial charge in [-0.1, -0.05) is 30.3 Å². The van der Waals surface area contributed by atoms with Gasteiger partial charge < -0.3 is 14.8 Å². The van der Waals surface area contributed by atoms with Gasteiger partial charge in [-0.15, -0.1) is 0 Å². The molecule has 0 aliphatic carbocycles. The molecule has 4 heteroatoms. The Morgan fingerprint density at radius 1 is 1.07 bits per heavy atom. The second-order valence-corrected chi connectivity index (χ2v) is 7.43. The summed E-state index contributed by atoms with van der Waals surface area (Å²) >= 11 is 0. The van der Waals surface area contributed by atoms with Crippen LogP contribution in [0.25, 0.3) is 11.1 Å². The number of rotatable bonds is 4. The van der Waals surface area contributed by atoms with E-state index in [1.165, 1.54) is 0 Å². The van der Waals surface area contributed by atoms with E-state index in [0.29, 0.717) is 5.56 Å². The zero-order valence-electron chi connectivity index (χ0n) is 16.2.